The normalized spacial score (nSPS) is 20.6. The lowest BCUT2D eigenvalue weighted by atomic mass is 10.2. The summed E-state index contributed by atoms with van der Waals surface area (Å²) in [5.41, 5.74) is 5.60. The number of H-pyrrole nitrogens is 1. The summed E-state index contributed by atoms with van der Waals surface area (Å²) in [5, 5.41) is 18.8. The van der Waals surface area contributed by atoms with Crippen molar-refractivity contribution in [3.63, 3.8) is 0 Å². The quantitative estimate of drug-likeness (QED) is 0.311. The number of β-amino-alcohol motifs (C(OH)–C–C–N with tert-alkyl or cyclic N) is 1. The number of anilines is 1. The number of carbonyl (C=O) groups excluding carboxylic acids is 1. The van der Waals surface area contributed by atoms with Crippen molar-refractivity contribution in [1.29, 1.82) is 0 Å². The van der Waals surface area contributed by atoms with Gasteiger partial charge in [-0.25, -0.2) is 9.55 Å². The molecular formula is C8H14N5O7P. The number of nitrogens with one attached hydrogen (secondary N) is 1. The summed E-state index contributed by atoms with van der Waals surface area (Å²) in [6.07, 6.45) is -1.60. The van der Waals surface area contributed by atoms with Crippen molar-refractivity contribution in [2.24, 2.45) is 5.73 Å². The van der Waals surface area contributed by atoms with E-state index >= 15 is 0 Å². The Morgan fingerprint density at radius 2 is 2.24 bits per heavy atom. The average molecular weight is 323 g/mol. The van der Waals surface area contributed by atoms with Gasteiger partial charge in [0.25, 0.3) is 5.91 Å². The number of amides is 1. The largest absolute Gasteiger partial charge is 0.491 e. The zero-order valence-corrected chi connectivity index (χ0v) is 11.4. The zero-order chi connectivity index (χ0) is 15.8. The first kappa shape index (κ1) is 15.9. The molecule has 0 spiro atoms. The smallest absolute Gasteiger partial charge is 0.394 e. The number of nitrogens with zero attached hydrogens (tertiary/aromatic N) is 3. The Balaban J connectivity index is 2.36. The minimum absolute atomic E-state index is 0.115. The van der Waals surface area contributed by atoms with Crippen LogP contribution in [0.25, 0.3) is 0 Å². The number of hydroxylamine groups is 1. The van der Waals surface area contributed by atoms with Crippen LogP contribution >= 0.6 is 7.82 Å². The number of aromatic nitrogens is 2. The van der Waals surface area contributed by atoms with Gasteiger partial charge in [0, 0.05) is 0 Å². The molecule has 7 N–H and O–H groups in total. The highest BCUT2D eigenvalue weighted by Crippen LogP contribution is 2.41. The summed E-state index contributed by atoms with van der Waals surface area (Å²) in [4.78, 5) is 37.0. The number of fused-ring (bicyclic) bond motifs is 1. The van der Waals surface area contributed by atoms with Gasteiger partial charge in [-0.15, -0.1) is 0 Å². The van der Waals surface area contributed by atoms with Gasteiger partial charge in [0.15, 0.2) is 17.8 Å². The molecule has 1 aliphatic rings. The maximum Gasteiger partial charge on any atom is 0.491 e. The molecule has 0 fully saturated rings. The van der Waals surface area contributed by atoms with Crippen molar-refractivity contribution >= 4 is 19.5 Å². The second-order valence-corrected chi connectivity index (χ2v) is 5.35. The Morgan fingerprint density at radius 3 is 2.81 bits per heavy atom. The fourth-order valence-corrected chi connectivity index (χ4v) is 2.21. The molecule has 2 heterocycles. The lowest BCUT2D eigenvalue weighted by molar-refractivity contribution is 0.0160. The molecule has 0 saturated carbocycles. The van der Waals surface area contributed by atoms with Crippen molar-refractivity contribution in [2.45, 2.75) is 12.4 Å². The SMILES string of the molecule is NC1N(CC(O)CO)C(=O)c2[nH]cnc2N1OP(=O)(O)O. The van der Waals surface area contributed by atoms with E-state index in [1.165, 1.54) is 0 Å². The van der Waals surface area contributed by atoms with Crippen LogP contribution < -0.4 is 10.8 Å². The Morgan fingerprint density at radius 1 is 1.57 bits per heavy atom. The van der Waals surface area contributed by atoms with Crippen molar-refractivity contribution in [1.82, 2.24) is 14.9 Å². The monoisotopic (exact) mass is 323 g/mol. The number of carbonyl (C=O) groups is 1. The van der Waals surface area contributed by atoms with Crippen LogP contribution in [0.4, 0.5) is 5.82 Å². The molecule has 0 aromatic carbocycles. The van der Waals surface area contributed by atoms with Gasteiger partial charge in [-0.3, -0.25) is 15.4 Å². The molecule has 13 heteroatoms. The predicted molar refractivity (Wildman–Crippen MR) is 66.3 cm³/mol. The van der Waals surface area contributed by atoms with Crippen LogP contribution in [0.3, 0.4) is 0 Å². The number of rotatable bonds is 5. The molecule has 2 unspecified atom stereocenters. The number of imidazole rings is 1. The first-order valence-electron chi connectivity index (χ1n) is 5.68. The molecule has 1 aliphatic heterocycles. The Bertz CT molecular complexity index is 573. The molecule has 118 valence electrons. The second kappa shape index (κ2) is 5.69. The number of nitrogens with two attached hydrogens (primary N) is 1. The minimum Gasteiger partial charge on any atom is -0.394 e. The first-order valence-corrected chi connectivity index (χ1v) is 7.21. The molecule has 1 aromatic rings. The number of aliphatic hydroxyl groups is 2. The van der Waals surface area contributed by atoms with E-state index in [1.807, 2.05) is 0 Å². The third kappa shape index (κ3) is 3.22. The summed E-state index contributed by atoms with van der Waals surface area (Å²) < 4.78 is 15.4. The van der Waals surface area contributed by atoms with Gasteiger partial charge in [-0.1, -0.05) is 0 Å². The molecule has 21 heavy (non-hydrogen) atoms. The van der Waals surface area contributed by atoms with Crippen LogP contribution in [-0.2, 0) is 9.19 Å². The Kier molecular flexibility index (Phi) is 4.30. The second-order valence-electron chi connectivity index (χ2n) is 4.21. The Hall–Kier alpha value is -1.53. The van der Waals surface area contributed by atoms with Crippen molar-refractivity contribution < 1.29 is 34.0 Å². The summed E-state index contributed by atoms with van der Waals surface area (Å²) in [6.45, 7) is -0.984. The summed E-state index contributed by atoms with van der Waals surface area (Å²) in [5.74, 6) is -0.848. The lowest BCUT2D eigenvalue weighted by Crippen LogP contribution is -2.61. The predicted octanol–water partition coefficient (Wildman–Crippen LogP) is -2.71. The molecule has 2 atom stereocenters. The minimum atomic E-state index is -4.95. The van der Waals surface area contributed by atoms with Gasteiger partial charge in [0.2, 0.25) is 0 Å². The highest BCUT2D eigenvalue weighted by molar-refractivity contribution is 7.46. The van der Waals surface area contributed by atoms with Crippen molar-refractivity contribution in [3.05, 3.63) is 12.0 Å². The summed E-state index contributed by atoms with van der Waals surface area (Å²) >= 11 is 0. The van der Waals surface area contributed by atoms with E-state index in [-0.39, 0.29) is 18.1 Å². The van der Waals surface area contributed by atoms with Gasteiger partial charge >= 0.3 is 7.82 Å². The standard InChI is InChI=1S/C8H14N5O7P/c9-8-12(1-4(15)2-14)7(16)5-6(11-3-10-5)13(8)20-21(17,18)19/h3-4,8,14-15H,1-2,9H2,(H,10,11)(H2,17,18,19). The van der Waals surface area contributed by atoms with Gasteiger partial charge in [0.1, 0.15) is 0 Å². The van der Waals surface area contributed by atoms with Crippen LogP contribution in [0.5, 0.6) is 0 Å². The van der Waals surface area contributed by atoms with E-state index in [0.717, 1.165) is 11.2 Å². The fourth-order valence-electron chi connectivity index (χ4n) is 1.80. The topological polar surface area (TPSA) is 185 Å². The highest BCUT2D eigenvalue weighted by atomic mass is 31.2. The number of aromatic amines is 1. The van der Waals surface area contributed by atoms with Gasteiger partial charge in [0.05, 0.1) is 25.6 Å². The highest BCUT2D eigenvalue weighted by Gasteiger charge is 2.42. The lowest BCUT2D eigenvalue weighted by Gasteiger charge is -2.40. The van der Waals surface area contributed by atoms with Gasteiger partial charge in [-0.05, 0) is 0 Å². The molecule has 0 saturated heterocycles. The van der Waals surface area contributed by atoms with E-state index in [1.54, 1.807) is 0 Å². The van der Waals surface area contributed by atoms with E-state index < -0.39 is 32.7 Å². The van der Waals surface area contributed by atoms with Crippen LogP contribution in [0.2, 0.25) is 0 Å². The molecule has 1 aromatic heterocycles. The Labute approximate surface area is 117 Å². The average Bonchev–Trinajstić information content (AvgIpc) is 2.87. The van der Waals surface area contributed by atoms with Crippen molar-refractivity contribution in [3.8, 4) is 0 Å². The molecule has 0 bridgehead atoms. The van der Waals surface area contributed by atoms with Crippen LogP contribution in [0.15, 0.2) is 6.33 Å². The van der Waals surface area contributed by atoms with Gasteiger partial charge in [-0.2, -0.15) is 9.69 Å². The fraction of sp³-hybridized carbons (Fsp3) is 0.500. The molecule has 1 amide bonds. The molecule has 0 aliphatic carbocycles. The van der Waals surface area contributed by atoms with Crippen LogP contribution in [0, 0.1) is 0 Å². The maximum absolute atomic E-state index is 12.2. The first-order chi connectivity index (χ1) is 9.74. The van der Waals surface area contributed by atoms with Crippen molar-refractivity contribution in [2.75, 3.05) is 18.2 Å². The number of phosphoric acid groups is 1. The van der Waals surface area contributed by atoms with Crippen LogP contribution in [-0.4, -0.2) is 66.3 Å². The molecule has 0 radical (unpaired) electrons. The van der Waals surface area contributed by atoms with E-state index in [0.29, 0.717) is 5.06 Å². The maximum atomic E-state index is 12.2. The third-order valence-corrected chi connectivity index (χ3v) is 3.06. The summed E-state index contributed by atoms with van der Waals surface area (Å²) in [6, 6.07) is 0. The van der Waals surface area contributed by atoms with Crippen LogP contribution in [0.1, 0.15) is 10.5 Å². The number of aliphatic hydroxyl groups excluding tert-OH is 2. The molecule has 2 rings (SSSR count). The molecular weight excluding hydrogens is 309 g/mol. The van der Waals surface area contributed by atoms with Gasteiger partial charge < -0.3 is 25.0 Å². The number of hydrogen-bond donors (Lipinski definition) is 6. The van der Waals surface area contributed by atoms with E-state index in [2.05, 4.69) is 14.6 Å². The van der Waals surface area contributed by atoms with E-state index in [4.69, 9.17) is 20.6 Å². The third-order valence-electron chi connectivity index (χ3n) is 2.67. The molecule has 12 nitrogen and oxygen atoms in total. The van der Waals surface area contributed by atoms with E-state index in [9.17, 15) is 14.5 Å². The summed E-state index contributed by atoms with van der Waals surface area (Å²) in [7, 11) is -4.95. The zero-order valence-electron chi connectivity index (χ0n) is 10.5. The number of hydrogen-bond acceptors (Lipinski definition) is 8.